The van der Waals surface area contributed by atoms with E-state index < -0.39 is 5.97 Å². The third-order valence-electron chi connectivity index (χ3n) is 4.53. The Morgan fingerprint density at radius 1 is 1.25 bits per heavy atom. The van der Waals surface area contributed by atoms with E-state index in [4.69, 9.17) is 16.3 Å². The topological polar surface area (TPSA) is 46.6 Å². The Morgan fingerprint density at radius 3 is 2.58 bits per heavy atom. The normalized spacial score (nSPS) is 21.0. The summed E-state index contributed by atoms with van der Waals surface area (Å²) in [6.07, 6.45) is 3.11. The predicted octanol–water partition coefficient (Wildman–Crippen LogP) is 4.50. The van der Waals surface area contributed by atoms with Crippen LogP contribution >= 0.6 is 22.9 Å². The van der Waals surface area contributed by atoms with Gasteiger partial charge in [-0.2, -0.15) is 0 Å². The molecule has 0 aliphatic carbocycles. The van der Waals surface area contributed by atoms with Crippen LogP contribution < -0.4 is 0 Å². The zero-order valence-electron chi connectivity index (χ0n) is 13.8. The third kappa shape index (κ3) is 3.28. The molecule has 128 valence electrons. The van der Waals surface area contributed by atoms with Gasteiger partial charge in [0.25, 0.3) is 5.91 Å². The van der Waals surface area contributed by atoms with Crippen LogP contribution in [0.25, 0.3) is 10.1 Å². The molecule has 2 atom stereocenters. The number of halogens is 1. The molecule has 1 saturated heterocycles. The van der Waals surface area contributed by atoms with Gasteiger partial charge < -0.3 is 9.64 Å². The Balaban J connectivity index is 1.68. The second-order valence-electron chi connectivity index (χ2n) is 6.25. The average molecular weight is 366 g/mol. The van der Waals surface area contributed by atoms with Crippen LogP contribution in [0, 0.1) is 0 Å². The van der Waals surface area contributed by atoms with Crippen LogP contribution in [0.15, 0.2) is 24.3 Å². The van der Waals surface area contributed by atoms with E-state index in [1.165, 1.54) is 11.3 Å². The molecule has 2 aromatic rings. The molecule has 1 aliphatic heterocycles. The van der Waals surface area contributed by atoms with E-state index in [1.54, 1.807) is 0 Å². The summed E-state index contributed by atoms with van der Waals surface area (Å²) >= 11 is 7.57. The number of amides is 1. The Labute approximate surface area is 150 Å². The summed E-state index contributed by atoms with van der Waals surface area (Å²) in [4.78, 5) is 26.9. The summed E-state index contributed by atoms with van der Waals surface area (Å²) < 4.78 is 6.18. The van der Waals surface area contributed by atoms with Gasteiger partial charge in [-0.3, -0.25) is 4.79 Å². The first-order valence-corrected chi connectivity index (χ1v) is 9.33. The monoisotopic (exact) mass is 365 g/mol. The van der Waals surface area contributed by atoms with E-state index in [2.05, 4.69) is 0 Å². The molecule has 6 heteroatoms. The van der Waals surface area contributed by atoms with E-state index in [0.29, 0.717) is 9.90 Å². The van der Waals surface area contributed by atoms with Crippen LogP contribution in [0.2, 0.25) is 5.02 Å². The average Bonchev–Trinajstić information content (AvgIpc) is 2.90. The lowest BCUT2D eigenvalue weighted by molar-refractivity contribution is -0.140. The van der Waals surface area contributed by atoms with E-state index in [9.17, 15) is 9.59 Å². The highest BCUT2D eigenvalue weighted by molar-refractivity contribution is 7.21. The smallest absolute Gasteiger partial charge is 0.350 e. The number of hydrogen-bond acceptors (Lipinski definition) is 4. The number of nitrogens with zero attached hydrogens (tertiary/aromatic N) is 1. The second kappa shape index (κ2) is 7.11. The molecule has 0 radical (unpaired) electrons. The van der Waals surface area contributed by atoms with Crippen molar-refractivity contribution in [2.45, 2.75) is 45.2 Å². The van der Waals surface area contributed by atoms with Crippen molar-refractivity contribution in [3.63, 3.8) is 0 Å². The highest BCUT2D eigenvalue weighted by atomic mass is 35.5. The molecule has 1 amide bonds. The fourth-order valence-corrected chi connectivity index (χ4v) is 4.73. The number of likely N-dealkylation sites (tertiary alicyclic amines) is 1. The van der Waals surface area contributed by atoms with Crippen molar-refractivity contribution in [1.82, 2.24) is 4.90 Å². The van der Waals surface area contributed by atoms with Gasteiger partial charge in [-0.15, -0.1) is 11.3 Å². The van der Waals surface area contributed by atoms with Gasteiger partial charge in [0.05, 0.1) is 5.02 Å². The summed E-state index contributed by atoms with van der Waals surface area (Å²) in [6.45, 7) is 3.84. The highest BCUT2D eigenvalue weighted by Gasteiger charge is 2.29. The molecule has 1 aromatic heterocycles. The lowest BCUT2D eigenvalue weighted by Crippen LogP contribution is -2.49. The molecule has 1 fully saturated rings. The summed E-state index contributed by atoms with van der Waals surface area (Å²) in [5.74, 6) is -0.674. The number of benzene rings is 1. The first kappa shape index (κ1) is 17.2. The predicted molar refractivity (Wildman–Crippen MR) is 96.7 cm³/mol. The van der Waals surface area contributed by atoms with E-state index in [0.717, 1.165) is 29.3 Å². The molecule has 0 spiro atoms. The fraction of sp³-hybridized carbons (Fsp3) is 0.444. The van der Waals surface area contributed by atoms with Crippen molar-refractivity contribution in [3.05, 3.63) is 34.2 Å². The summed E-state index contributed by atoms with van der Waals surface area (Å²) in [6, 6.07) is 7.92. The largest absolute Gasteiger partial charge is 0.451 e. The lowest BCUT2D eigenvalue weighted by Gasteiger charge is -2.38. The maximum Gasteiger partial charge on any atom is 0.350 e. The number of carbonyl (C=O) groups excluding carboxylic acids is 2. The number of thiophene rings is 1. The number of rotatable bonds is 3. The zero-order valence-corrected chi connectivity index (χ0v) is 15.3. The highest BCUT2D eigenvalue weighted by Crippen LogP contribution is 2.35. The van der Waals surface area contributed by atoms with Crippen LogP contribution in [0.4, 0.5) is 0 Å². The number of esters is 1. The van der Waals surface area contributed by atoms with Gasteiger partial charge in [0, 0.05) is 22.2 Å². The van der Waals surface area contributed by atoms with Gasteiger partial charge in [0.15, 0.2) is 6.61 Å². The van der Waals surface area contributed by atoms with Crippen molar-refractivity contribution in [2.24, 2.45) is 0 Å². The zero-order chi connectivity index (χ0) is 17.3. The Bertz CT molecular complexity index is 763. The Kier molecular flexibility index (Phi) is 5.11. The minimum Gasteiger partial charge on any atom is -0.451 e. The van der Waals surface area contributed by atoms with Gasteiger partial charge in [-0.1, -0.05) is 29.8 Å². The molecule has 0 bridgehead atoms. The number of ether oxygens (including phenoxy) is 1. The lowest BCUT2D eigenvalue weighted by atomic mass is 9.97. The quantitative estimate of drug-likeness (QED) is 0.752. The summed E-state index contributed by atoms with van der Waals surface area (Å²) in [7, 11) is 0. The van der Waals surface area contributed by atoms with Crippen molar-refractivity contribution in [1.29, 1.82) is 0 Å². The summed E-state index contributed by atoms with van der Waals surface area (Å²) in [5, 5.41) is 1.23. The van der Waals surface area contributed by atoms with E-state index in [1.807, 2.05) is 43.0 Å². The SMILES string of the molecule is C[C@@H]1CCC[C@@H](C)N1C(=O)COC(=O)c1sc2ccccc2c1Cl. The first-order chi connectivity index (χ1) is 11.5. The van der Waals surface area contributed by atoms with Gasteiger partial charge in [0.2, 0.25) is 0 Å². The van der Waals surface area contributed by atoms with Crippen LogP contribution in [-0.2, 0) is 9.53 Å². The van der Waals surface area contributed by atoms with Gasteiger partial charge in [0.1, 0.15) is 4.88 Å². The minimum atomic E-state index is -0.535. The molecule has 0 unspecified atom stereocenters. The van der Waals surface area contributed by atoms with Crippen LogP contribution in [0.1, 0.15) is 42.8 Å². The number of hydrogen-bond donors (Lipinski definition) is 0. The molecule has 0 N–H and O–H groups in total. The molecule has 1 aromatic carbocycles. The Morgan fingerprint density at radius 2 is 1.92 bits per heavy atom. The van der Waals surface area contributed by atoms with E-state index in [-0.39, 0.29) is 24.6 Å². The second-order valence-corrected chi connectivity index (χ2v) is 7.68. The molecular formula is C18H20ClNO3S. The van der Waals surface area contributed by atoms with Gasteiger partial charge in [-0.05, 0) is 39.2 Å². The van der Waals surface area contributed by atoms with Crippen LogP contribution in [0.3, 0.4) is 0 Å². The van der Waals surface area contributed by atoms with Crippen LogP contribution in [0.5, 0.6) is 0 Å². The molecule has 3 rings (SSSR count). The first-order valence-electron chi connectivity index (χ1n) is 8.14. The van der Waals surface area contributed by atoms with Crippen molar-refractivity contribution >= 4 is 44.9 Å². The third-order valence-corrected chi connectivity index (χ3v) is 6.18. The Hall–Kier alpha value is -1.59. The number of fused-ring (bicyclic) bond motifs is 1. The van der Waals surface area contributed by atoms with Crippen molar-refractivity contribution in [3.8, 4) is 0 Å². The van der Waals surface area contributed by atoms with E-state index >= 15 is 0 Å². The minimum absolute atomic E-state index is 0.139. The molecular weight excluding hydrogens is 346 g/mol. The van der Waals surface area contributed by atoms with Crippen molar-refractivity contribution in [2.75, 3.05) is 6.61 Å². The number of piperidine rings is 1. The van der Waals surface area contributed by atoms with Gasteiger partial charge in [-0.25, -0.2) is 4.79 Å². The standard InChI is InChI=1S/C18H20ClNO3S/c1-11-6-5-7-12(2)20(11)15(21)10-23-18(22)17-16(19)13-8-3-4-9-14(13)24-17/h3-4,8-9,11-12H,5-7,10H2,1-2H3/t11-,12-/m1/s1. The fourth-order valence-electron chi connectivity index (χ4n) is 3.33. The maximum atomic E-state index is 12.4. The maximum absolute atomic E-state index is 12.4. The number of carbonyl (C=O) groups is 2. The molecule has 2 heterocycles. The summed E-state index contributed by atoms with van der Waals surface area (Å²) in [5.41, 5.74) is 0. The molecule has 24 heavy (non-hydrogen) atoms. The van der Waals surface area contributed by atoms with Gasteiger partial charge >= 0.3 is 5.97 Å². The van der Waals surface area contributed by atoms with Crippen LogP contribution in [-0.4, -0.2) is 35.5 Å². The molecule has 1 aliphatic rings. The molecule has 4 nitrogen and oxygen atoms in total. The molecule has 0 saturated carbocycles. The van der Waals surface area contributed by atoms with Crippen molar-refractivity contribution < 1.29 is 14.3 Å².